The lowest BCUT2D eigenvalue weighted by molar-refractivity contribution is 0.159. The highest BCUT2D eigenvalue weighted by Crippen LogP contribution is 2.19. The van der Waals surface area contributed by atoms with Crippen LogP contribution in [0, 0.1) is 0 Å². The zero-order valence-corrected chi connectivity index (χ0v) is 17.9. The number of unbranched alkanes of at least 4 members (excludes halogenated alkanes) is 1. The third kappa shape index (κ3) is 6.71. The molecule has 1 saturated heterocycles. The minimum atomic E-state index is 0.756. The van der Waals surface area contributed by atoms with E-state index in [1.54, 1.807) is 0 Å². The maximum Gasteiger partial charge on any atom is 0.0867 e. The summed E-state index contributed by atoms with van der Waals surface area (Å²) < 4.78 is 0. The molecule has 156 valence electrons. The molecule has 29 heavy (non-hydrogen) atoms. The van der Waals surface area contributed by atoms with Gasteiger partial charge in [0.05, 0.1) is 5.71 Å². The summed E-state index contributed by atoms with van der Waals surface area (Å²) in [5.41, 5.74) is 4.80. The van der Waals surface area contributed by atoms with Crippen molar-refractivity contribution in [1.29, 1.82) is 0 Å². The number of piperidine rings is 1. The Balaban J connectivity index is 1.44. The van der Waals surface area contributed by atoms with Crippen LogP contribution in [-0.4, -0.2) is 35.0 Å². The van der Waals surface area contributed by atoms with Crippen LogP contribution in [0.3, 0.4) is 0 Å². The van der Waals surface area contributed by atoms with Gasteiger partial charge in [-0.15, -0.1) is 0 Å². The zero-order chi connectivity index (χ0) is 20.3. The van der Waals surface area contributed by atoms with Crippen LogP contribution in [0.2, 0.25) is 0 Å². The Bertz CT molecular complexity index is 756. The molecule has 2 aromatic rings. The molecular formula is C26H36N2O. The van der Waals surface area contributed by atoms with Crippen molar-refractivity contribution in [2.24, 2.45) is 5.16 Å². The van der Waals surface area contributed by atoms with Crippen LogP contribution >= 0.6 is 0 Å². The molecule has 2 aromatic carbocycles. The summed E-state index contributed by atoms with van der Waals surface area (Å²) in [4.78, 5) is 2.67. The molecule has 3 rings (SSSR count). The largest absolute Gasteiger partial charge is 0.411 e. The first-order valence-corrected chi connectivity index (χ1v) is 11.3. The van der Waals surface area contributed by atoms with E-state index in [9.17, 15) is 5.21 Å². The number of benzene rings is 2. The third-order valence-corrected chi connectivity index (χ3v) is 6.29. The van der Waals surface area contributed by atoms with E-state index < -0.39 is 0 Å². The van der Waals surface area contributed by atoms with Gasteiger partial charge in [0, 0.05) is 6.04 Å². The van der Waals surface area contributed by atoms with Crippen molar-refractivity contribution >= 4 is 5.71 Å². The van der Waals surface area contributed by atoms with Gasteiger partial charge in [0.25, 0.3) is 0 Å². The SMILES string of the molecule is CC1CCCCN1CCCc1ccccc1CCCCC(=NO)c1ccccc1. The molecule has 0 radical (unpaired) electrons. The highest BCUT2D eigenvalue weighted by atomic mass is 16.4. The monoisotopic (exact) mass is 392 g/mol. The van der Waals surface area contributed by atoms with Crippen molar-refractivity contribution in [2.45, 2.75) is 70.8 Å². The Labute approximate surface area is 176 Å². The second-order valence-electron chi connectivity index (χ2n) is 8.37. The Morgan fingerprint density at radius 2 is 1.62 bits per heavy atom. The van der Waals surface area contributed by atoms with E-state index in [1.807, 2.05) is 30.3 Å². The van der Waals surface area contributed by atoms with E-state index in [4.69, 9.17) is 0 Å². The van der Waals surface area contributed by atoms with Crippen LogP contribution in [0.15, 0.2) is 59.8 Å². The molecule has 1 fully saturated rings. The predicted molar refractivity (Wildman–Crippen MR) is 122 cm³/mol. The van der Waals surface area contributed by atoms with Crippen LogP contribution < -0.4 is 0 Å². The van der Waals surface area contributed by atoms with Gasteiger partial charge in [0.2, 0.25) is 0 Å². The van der Waals surface area contributed by atoms with E-state index in [-0.39, 0.29) is 0 Å². The lowest BCUT2D eigenvalue weighted by Gasteiger charge is -2.33. The molecule has 1 N–H and O–H groups in total. The van der Waals surface area contributed by atoms with Gasteiger partial charge in [-0.2, -0.15) is 0 Å². The Morgan fingerprint density at radius 3 is 2.31 bits per heavy atom. The lowest BCUT2D eigenvalue weighted by Crippen LogP contribution is -2.38. The Morgan fingerprint density at radius 1 is 0.931 bits per heavy atom. The minimum Gasteiger partial charge on any atom is -0.411 e. The van der Waals surface area contributed by atoms with Crippen molar-refractivity contribution < 1.29 is 5.21 Å². The average molecular weight is 393 g/mol. The topological polar surface area (TPSA) is 35.8 Å². The number of hydrogen-bond acceptors (Lipinski definition) is 3. The van der Waals surface area contributed by atoms with E-state index in [0.29, 0.717) is 0 Å². The van der Waals surface area contributed by atoms with Crippen molar-refractivity contribution in [1.82, 2.24) is 4.90 Å². The molecule has 0 spiro atoms. The maximum absolute atomic E-state index is 9.35. The summed E-state index contributed by atoms with van der Waals surface area (Å²) in [7, 11) is 0. The van der Waals surface area contributed by atoms with Crippen molar-refractivity contribution in [3.05, 3.63) is 71.3 Å². The molecule has 1 aliphatic rings. The Kier molecular flexibility index (Phi) is 8.76. The van der Waals surface area contributed by atoms with E-state index in [0.717, 1.165) is 43.0 Å². The van der Waals surface area contributed by atoms with E-state index in [2.05, 4.69) is 41.2 Å². The summed E-state index contributed by atoms with van der Waals surface area (Å²) in [6, 6.07) is 19.7. The molecule has 3 nitrogen and oxygen atoms in total. The summed E-state index contributed by atoms with van der Waals surface area (Å²) >= 11 is 0. The first kappa shape index (κ1) is 21.6. The highest BCUT2D eigenvalue weighted by Gasteiger charge is 2.17. The summed E-state index contributed by atoms with van der Waals surface area (Å²) in [6.45, 7) is 4.88. The van der Waals surface area contributed by atoms with Gasteiger partial charge < -0.3 is 10.1 Å². The number of rotatable bonds is 10. The van der Waals surface area contributed by atoms with Gasteiger partial charge in [-0.25, -0.2) is 0 Å². The first-order chi connectivity index (χ1) is 14.3. The van der Waals surface area contributed by atoms with Crippen molar-refractivity contribution in [2.75, 3.05) is 13.1 Å². The average Bonchev–Trinajstić information content (AvgIpc) is 2.77. The number of nitrogens with zero attached hydrogens (tertiary/aromatic N) is 2. The van der Waals surface area contributed by atoms with Gasteiger partial charge in [-0.1, -0.05) is 66.2 Å². The van der Waals surface area contributed by atoms with Crippen LogP contribution in [0.1, 0.15) is 68.6 Å². The fourth-order valence-electron chi connectivity index (χ4n) is 4.50. The molecule has 1 aliphatic heterocycles. The van der Waals surface area contributed by atoms with E-state index in [1.165, 1.54) is 56.3 Å². The molecular weight excluding hydrogens is 356 g/mol. The summed E-state index contributed by atoms with van der Waals surface area (Å²) in [6.07, 6.45) is 10.6. The molecule has 0 amide bonds. The van der Waals surface area contributed by atoms with Crippen LogP contribution in [-0.2, 0) is 12.8 Å². The molecule has 1 unspecified atom stereocenters. The fraction of sp³-hybridized carbons (Fsp3) is 0.500. The molecule has 1 heterocycles. The third-order valence-electron chi connectivity index (χ3n) is 6.29. The van der Waals surface area contributed by atoms with Gasteiger partial charge >= 0.3 is 0 Å². The van der Waals surface area contributed by atoms with Crippen LogP contribution in [0.4, 0.5) is 0 Å². The predicted octanol–water partition coefficient (Wildman–Crippen LogP) is 6.08. The van der Waals surface area contributed by atoms with Crippen LogP contribution in [0.5, 0.6) is 0 Å². The standard InChI is InChI=1S/C26H36N2O/c1-22-12-9-10-20-28(22)21-11-18-24-14-6-5-13-23(24)15-7-8-19-26(27-29)25-16-3-2-4-17-25/h2-6,13-14,16-17,22,29H,7-12,15,18-21H2,1H3. The van der Waals surface area contributed by atoms with Crippen molar-refractivity contribution in [3.8, 4) is 0 Å². The van der Waals surface area contributed by atoms with Gasteiger partial charge in [-0.3, -0.25) is 0 Å². The molecule has 0 bridgehead atoms. The molecule has 0 aliphatic carbocycles. The Hall–Kier alpha value is -2.13. The summed E-state index contributed by atoms with van der Waals surface area (Å²) in [5.74, 6) is 0. The van der Waals surface area contributed by atoms with Gasteiger partial charge in [0.15, 0.2) is 0 Å². The fourth-order valence-corrected chi connectivity index (χ4v) is 4.50. The van der Waals surface area contributed by atoms with Crippen molar-refractivity contribution in [3.63, 3.8) is 0 Å². The zero-order valence-electron chi connectivity index (χ0n) is 17.9. The highest BCUT2D eigenvalue weighted by molar-refractivity contribution is 6.00. The molecule has 1 atom stereocenters. The maximum atomic E-state index is 9.35. The molecule has 3 heteroatoms. The number of hydrogen-bond donors (Lipinski definition) is 1. The normalized spacial score (nSPS) is 18.1. The first-order valence-electron chi connectivity index (χ1n) is 11.3. The van der Waals surface area contributed by atoms with E-state index >= 15 is 0 Å². The molecule has 0 aromatic heterocycles. The number of oxime groups is 1. The minimum absolute atomic E-state index is 0.756. The van der Waals surface area contributed by atoms with Crippen LogP contribution in [0.25, 0.3) is 0 Å². The number of likely N-dealkylation sites (tertiary alicyclic amines) is 1. The second-order valence-corrected chi connectivity index (χ2v) is 8.37. The molecule has 0 saturated carbocycles. The lowest BCUT2D eigenvalue weighted by atomic mass is 9.96. The number of aryl methyl sites for hydroxylation is 2. The second kappa shape index (κ2) is 11.8. The van der Waals surface area contributed by atoms with Gasteiger partial charge in [-0.05, 0) is 88.1 Å². The smallest absolute Gasteiger partial charge is 0.0867 e. The van der Waals surface area contributed by atoms with Gasteiger partial charge in [0.1, 0.15) is 0 Å². The quantitative estimate of drug-likeness (QED) is 0.230. The summed E-state index contributed by atoms with van der Waals surface area (Å²) in [5, 5.41) is 12.9.